The van der Waals surface area contributed by atoms with Crippen LogP contribution in [0.2, 0.25) is 0 Å². The summed E-state index contributed by atoms with van der Waals surface area (Å²) in [6, 6.07) is 0. The topological polar surface area (TPSA) is 152 Å². The number of esters is 5. The summed E-state index contributed by atoms with van der Waals surface area (Å²) in [4.78, 5) is 61.5. The first-order valence-electron chi connectivity index (χ1n) is 13.1. The lowest BCUT2D eigenvalue weighted by atomic mass is 9.55. The Kier molecular flexibility index (Phi) is 8.94. The van der Waals surface area contributed by atoms with Crippen LogP contribution in [0.1, 0.15) is 67.2 Å². The standard InChI is InChI=1S/C28H38O11/c1-14-8-10-21(36-17(4)30)27(7)22(37-18(5)31)11-9-20(13-35-16(3)29)12-23-28(34,15(2)26(33)39-23)25(24(14)27)38-19(6)32/h12,15,21-25,34H,1,8-11,13H2,2-7H3/b20-12+/t15-,21-,22-,23-,24+,25?,27+,28-/m0/s1. The summed E-state index contributed by atoms with van der Waals surface area (Å²) in [6.45, 7) is 12.2. The molecule has 8 atom stereocenters. The summed E-state index contributed by atoms with van der Waals surface area (Å²) in [5, 5.41) is 12.4. The van der Waals surface area contributed by atoms with E-state index in [0.717, 1.165) is 0 Å². The van der Waals surface area contributed by atoms with Gasteiger partial charge in [-0.2, -0.15) is 0 Å². The maximum atomic E-state index is 12.9. The minimum Gasteiger partial charge on any atom is -0.462 e. The largest absolute Gasteiger partial charge is 0.462 e. The molecule has 1 saturated heterocycles. The van der Waals surface area contributed by atoms with Crippen LogP contribution < -0.4 is 0 Å². The lowest BCUT2D eigenvalue weighted by molar-refractivity contribution is -0.219. The first-order chi connectivity index (χ1) is 18.1. The van der Waals surface area contributed by atoms with E-state index in [1.807, 2.05) is 0 Å². The van der Waals surface area contributed by atoms with E-state index in [0.29, 0.717) is 24.0 Å². The Morgan fingerprint density at radius 2 is 1.51 bits per heavy atom. The summed E-state index contributed by atoms with van der Waals surface area (Å²) in [7, 11) is 0. The first-order valence-corrected chi connectivity index (χ1v) is 13.1. The molecule has 0 spiro atoms. The van der Waals surface area contributed by atoms with E-state index in [9.17, 15) is 29.1 Å². The molecule has 1 aliphatic heterocycles. The highest BCUT2D eigenvalue weighted by molar-refractivity contribution is 5.78. The van der Waals surface area contributed by atoms with Gasteiger partial charge in [-0.3, -0.25) is 24.0 Å². The molecular formula is C28H38O11. The minimum absolute atomic E-state index is 0.168. The third-order valence-corrected chi connectivity index (χ3v) is 8.21. The molecule has 0 aromatic carbocycles. The normalized spacial score (nSPS) is 37.7. The van der Waals surface area contributed by atoms with Crippen molar-refractivity contribution in [2.45, 2.75) is 97.2 Å². The van der Waals surface area contributed by atoms with Gasteiger partial charge in [0.25, 0.3) is 0 Å². The lowest BCUT2D eigenvalue weighted by Gasteiger charge is -2.55. The molecule has 39 heavy (non-hydrogen) atoms. The van der Waals surface area contributed by atoms with Crippen LogP contribution in [0.15, 0.2) is 23.8 Å². The fourth-order valence-corrected chi connectivity index (χ4v) is 6.32. The fraction of sp³-hybridized carbons (Fsp3) is 0.679. The van der Waals surface area contributed by atoms with Gasteiger partial charge in [0.05, 0.1) is 11.3 Å². The molecule has 1 unspecified atom stereocenters. The van der Waals surface area contributed by atoms with Crippen molar-refractivity contribution in [1.82, 2.24) is 0 Å². The molecule has 0 aromatic heterocycles. The van der Waals surface area contributed by atoms with Gasteiger partial charge in [0.2, 0.25) is 0 Å². The van der Waals surface area contributed by atoms with Gasteiger partial charge < -0.3 is 28.8 Å². The summed E-state index contributed by atoms with van der Waals surface area (Å²) >= 11 is 0. The monoisotopic (exact) mass is 550 g/mol. The Balaban J connectivity index is 2.33. The van der Waals surface area contributed by atoms with Crippen molar-refractivity contribution in [3.05, 3.63) is 23.8 Å². The number of rotatable bonds is 5. The smallest absolute Gasteiger partial charge is 0.312 e. The average molecular weight is 551 g/mol. The molecule has 3 aliphatic rings. The second-order valence-electron chi connectivity index (χ2n) is 10.9. The molecule has 216 valence electrons. The van der Waals surface area contributed by atoms with Crippen molar-refractivity contribution >= 4 is 29.8 Å². The Bertz CT molecular complexity index is 1080. The second-order valence-corrected chi connectivity index (χ2v) is 10.9. The van der Waals surface area contributed by atoms with E-state index in [-0.39, 0.29) is 19.4 Å². The third kappa shape index (κ3) is 5.88. The lowest BCUT2D eigenvalue weighted by Crippen LogP contribution is -2.65. The van der Waals surface area contributed by atoms with Crippen LogP contribution in [0.5, 0.6) is 0 Å². The quantitative estimate of drug-likeness (QED) is 0.305. The fourth-order valence-electron chi connectivity index (χ4n) is 6.32. The second kappa shape index (κ2) is 11.5. The molecule has 2 fully saturated rings. The molecule has 1 heterocycles. The predicted molar refractivity (Wildman–Crippen MR) is 135 cm³/mol. The molecule has 0 aromatic rings. The number of ether oxygens (including phenoxy) is 5. The van der Waals surface area contributed by atoms with E-state index in [1.54, 1.807) is 6.92 Å². The van der Waals surface area contributed by atoms with Crippen LogP contribution in [-0.2, 0) is 47.7 Å². The van der Waals surface area contributed by atoms with E-state index in [4.69, 9.17) is 23.7 Å². The van der Waals surface area contributed by atoms with Gasteiger partial charge in [0, 0.05) is 33.6 Å². The third-order valence-electron chi connectivity index (χ3n) is 8.21. The molecule has 2 aliphatic carbocycles. The van der Waals surface area contributed by atoms with E-state index in [2.05, 4.69) is 6.58 Å². The van der Waals surface area contributed by atoms with Crippen LogP contribution in [0.3, 0.4) is 0 Å². The average Bonchev–Trinajstić information content (AvgIpc) is 3.03. The number of carbonyl (C=O) groups is 5. The van der Waals surface area contributed by atoms with Crippen molar-refractivity contribution in [1.29, 1.82) is 0 Å². The van der Waals surface area contributed by atoms with Gasteiger partial charge in [-0.15, -0.1) is 0 Å². The minimum atomic E-state index is -2.09. The first kappa shape index (κ1) is 30.3. The highest BCUT2D eigenvalue weighted by Gasteiger charge is 2.67. The maximum absolute atomic E-state index is 12.9. The van der Waals surface area contributed by atoms with Crippen molar-refractivity contribution in [2.75, 3.05) is 6.61 Å². The number of hydrogen-bond acceptors (Lipinski definition) is 11. The van der Waals surface area contributed by atoms with Gasteiger partial charge in [-0.1, -0.05) is 19.1 Å². The molecule has 11 heteroatoms. The Morgan fingerprint density at radius 1 is 0.974 bits per heavy atom. The van der Waals surface area contributed by atoms with E-state index in [1.165, 1.54) is 40.7 Å². The van der Waals surface area contributed by atoms with Crippen LogP contribution in [0, 0.1) is 17.3 Å². The van der Waals surface area contributed by atoms with Crippen molar-refractivity contribution in [3.63, 3.8) is 0 Å². The number of fused-ring (bicyclic) bond motifs is 2. The van der Waals surface area contributed by atoms with Crippen LogP contribution in [-0.4, -0.2) is 71.6 Å². The summed E-state index contributed by atoms with van der Waals surface area (Å²) in [5.41, 5.74) is -2.26. The summed E-state index contributed by atoms with van der Waals surface area (Å²) in [6.07, 6.45) is -1.75. The zero-order valence-electron chi connectivity index (χ0n) is 23.3. The zero-order chi connectivity index (χ0) is 29.3. The number of hydrogen-bond donors (Lipinski definition) is 1. The van der Waals surface area contributed by atoms with Gasteiger partial charge in [0.15, 0.2) is 11.7 Å². The van der Waals surface area contributed by atoms with Gasteiger partial charge in [-0.05, 0) is 44.3 Å². The van der Waals surface area contributed by atoms with Crippen LogP contribution in [0.25, 0.3) is 0 Å². The Morgan fingerprint density at radius 3 is 2.03 bits per heavy atom. The van der Waals surface area contributed by atoms with Crippen LogP contribution >= 0.6 is 0 Å². The molecule has 1 saturated carbocycles. The molecular weight excluding hydrogens is 512 g/mol. The highest BCUT2D eigenvalue weighted by atomic mass is 16.6. The highest BCUT2D eigenvalue weighted by Crippen LogP contribution is 2.56. The molecule has 11 nitrogen and oxygen atoms in total. The predicted octanol–water partition coefficient (Wildman–Crippen LogP) is 2.33. The summed E-state index contributed by atoms with van der Waals surface area (Å²) < 4.78 is 28.2. The van der Waals surface area contributed by atoms with Crippen molar-refractivity contribution < 1.29 is 52.8 Å². The van der Waals surface area contributed by atoms with Gasteiger partial charge in [-0.25, -0.2) is 0 Å². The molecule has 3 rings (SSSR count). The van der Waals surface area contributed by atoms with Gasteiger partial charge >= 0.3 is 29.8 Å². The van der Waals surface area contributed by atoms with Crippen molar-refractivity contribution in [3.8, 4) is 0 Å². The molecule has 0 bridgehead atoms. The SMILES string of the molecule is C=C1CC[C@H](OC(C)=O)[C@]2(C)[C@@H](OC(C)=O)CC/C(COC(C)=O)=C\[C@@H]3OC(=O)[C@H](C)[C@@]3(O)C(OC(C)=O)[C@@H]12. The number of aliphatic hydroxyl groups is 1. The summed E-state index contributed by atoms with van der Waals surface area (Å²) in [5.74, 6) is -5.18. The maximum Gasteiger partial charge on any atom is 0.312 e. The number of carbonyl (C=O) groups excluding carboxylic acids is 5. The molecule has 1 N–H and O–H groups in total. The van der Waals surface area contributed by atoms with Gasteiger partial charge in [0.1, 0.15) is 24.9 Å². The van der Waals surface area contributed by atoms with Crippen LogP contribution in [0.4, 0.5) is 0 Å². The van der Waals surface area contributed by atoms with E-state index >= 15 is 0 Å². The Labute approximate surface area is 227 Å². The Hall–Kier alpha value is -3.21. The molecule has 0 radical (unpaired) electrons. The molecule has 0 amide bonds. The zero-order valence-corrected chi connectivity index (χ0v) is 23.3. The van der Waals surface area contributed by atoms with Crippen molar-refractivity contribution in [2.24, 2.45) is 17.3 Å². The van der Waals surface area contributed by atoms with E-state index < -0.39 is 77.1 Å².